The van der Waals surface area contributed by atoms with E-state index >= 15 is 0 Å². The summed E-state index contributed by atoms with van der Waals surface area (Å²) < 4.78 is 28.8. The minimum atomic E-state index is -0.700. The zero-order chi connectivity index (χ0) is 19.8. The van der Waals surface area contributed by atoms with E-state index in [0.717, 1.165) is 12.1 Å². The number of hydrogen-bond donors (Lipinski definition) is 1. The minimum absolute atomic E-state index is 0.177. The highest BCUT2D eigenvalue weighted by Gasteiger charge is 2.28. The number of benzene rings is 1. The zero-order valence-electron chi connectivity index (χ0n) is 15.4. The highest BCUT2D eigenvalue weighted by molar-refractivity contribution is 7.99. The first-order valence-corrected chi connectivity index (χ1v) is 9.61. The van der Waals surface area contributed by atoms with Gasteiger partial charge in [0.2, 0.25) is 5.91 Å². The zero-order valence-corrected chi connectivity index (χ0v) is 16.2. The van der Waals surface area contributed by atoms with Crippen molar-refractivity contribution in [3.8, 4) is 0 Å². The monoisotopic (exact) mass is 393 g/mol. The standard InChI is InChI=1S/C19H21F2N3O2S/c1-19(2,3)15-7-16(25)24-9-11(10-27-18(24)23-15)17(26)22-8-12-13(20)5-4-6-14(12)21/h4-7,11H,8-10H2,1-3H3,(H,22,26)/t11-/m0/s1. The Morgan fingerprint density at radius 1 is 1.33 bits per heavy atom. The minimum Gasteiger partial charge on any atom is -0.351 e. The van der Waals surface area contributed by atoms with Gasteiger partial charge >= 0.3 is 0 Å². The summed E-state index contributed by atoms with van der Waals surface area (Å²) in [5.41, 5.74) is 0.0931. The maximum absolute atomic E-state index is 13.7. The first-order valence-electron chi connectivity index (χ1n) is 8.62. The number of carbonyl (C=O) groups is 1. The number of fused-ring (bicyclic) bond motifs is 1. The topological polar surface area (TPSA) is 64.0 Å². The van der Waals surface area contributed by atoms with Gasteiger partial charge in [0.25, 0.3) is 5.56 Å². The van der Waals surface area contributed by atoms with Crippen molar-refractivity contribution >= 4 is 17.7 Å². The van der Waals surface area contributed by atoms with Crippen LogP contribution in [-0.2, 0) is 23.3 Å². The Morgan fingerprint density at radius 3 is 2.63 bits per heavy atom. The first-order chi connectivity index (χ1) is 12.7. The fraction of sp³-hybridized carbons (Fsp3) is 0.421. The number of aromatic nitrogens is 2. The molecule has 1 aromatic heterocycles. The molecule has 0 saturated heterocycles. The van der Waals surface area contributed by atoms with Crippen LogP contribution in [0.25, 0.3) is 0 Å². The van der Waals surface area contributed by atoms with Crippen molar-refractivity contribution in [3.63, 3.8) is 0 Å². The Bertz CT molecular complexity index is 917. The van der Waals surface area contributed by atoms with E-state index in [1.54, 1.807) is 0 Å². The number of rotatable bonds is 3. The van der Waals surface area contributed by atoms with Crippen LogP contribution in [0, 0.1) is 17.6 Å². The third-order valence-electron chi connectivity index (χ3n) is 4.43. The van der Waals surface area contributed by atoms with E-state index < -0.39 is 17.6 Å². The van der Waals surface area contributed by atoms with Gasteiger partial charge in [0.1, 0.15) is 11.6 Å². The van der Waals surface area contributed by atoms with E-state index in [4.69, 9.17) is 0 Å². The summed E-state index contributed by atoms with van der Waals surface area (Å²) in [7, 11) is 0. The molecule has 8 heteroatoms. The van der Waals surface area contributed by atoms with Crippen molar-refractivity contribution in [2.75, 3.05) is 5.75 Å². The molecule has 2 aromatic rings. The third kappa shape index (κ3) is 4.21. The Labute approximate surface area is 160 Å². The summed E-state index contributed by atoms with van der Waals surface area (Å²) in [4.78, 5) is 29.4. The maximum Gasteiger partial charge on any atom is 0.254 e. The predicted molar refractivity (Wildman–Crippen MR) is 99.6 cm³/mol. The predicted octanol–water partition coefficient (Wildman–Crippen LogP) is 2.86. The molecule has 0 spiro atoms. The molecule has 27 heavy (non-hydrogen) atoms. The summed E-state index contributed by atoms with van der Waals surface area (Å²) in [6, 6.07) is 5.07. The van der Waals surface area contributed by atoms with Crippen LogP contribution in [0.15, 0.2) is 34.2 Å². The summed E-state index contributed by atoms with van der Waals surface area (Å²) in [5, 5.41) is 3.16. The number of hydrogen-bond acceptors (Lipinski definition) is 4. The van der Waals surface area contributed by atoms with Crippen molar-refractivity contribution in [2.24, 2.45) is 5.92 Å². The van der Waals surface area contributed by atoms with Crippen LogP contribution in [0.1, 0.15) is 32.0 Å². The second kappa shape index (κ2) is 7.42. The molecule has 2 heterocycles. The molecule has 1 aromatic carbocycles. The fourth-order valence-electron chi connectivity index (χ4n) is 2.78. The molecule has 0 unspecified atom stereocenters. The molecule has 1 aliphatic rings. The lowest BCUT2D eigenvalue weighted by atomic mass is 9.92. The van der Waals surface area contributed by atoms with E-state index in [0.29, 0.717) is 16.6 Å². The number of nitrogens with zero attached hydrogens (tertiary/aromatic N) is 2. The van der Waals surface area contributed by atoms with Gasteiger partial charge in [-0.3, -0.25) is 14.2 Å². The number of halogens is 2. The van der Waals surface area contributed by atoms with Crippen molar-refractivity contribution in [1.29, 1.82) is 0 Å². The summed E-state index contributed by atoms with van der Waals surface area (Å²) in [6.07, 6.45) is 0. The average molecular weight is 393 g/mol. The second-order valence-corrected chi connectivity index (χ2v) is 8.54. The number of carbonyl (C=O) groups excluding carboxylic acids is 1. The molecule has 1 atom stereocenters. The molecule has 144 valence electrons. The molecule has 0 radical (unpaired) electrons. The van der Waals surface area contributed by atoms with Crippen molar-refractivity contribution < 1.29 is 13.6 Å². The van der Waals surface area contributed by atoms with Crippen molar-refractivity contribution in [2.45, 2.75) is 44.4 Å². The van der Waals surface area contributed by atoms with Gasteiger partial charge in [-0.15, -0.1) is 0 Å². The van der Waals surface area contributed by atoms with Gasteiger partial charge in [-0.25, -0.2) is 13.8 Å². The maximum atomic E-state index is 13.7. The van der Waals surface area contributed by atoms with E-state index in [1.165, 1.54) is 28.5 Å². The lowest BCUT2D eigenvalue weighted by Crippen LogP contribution is -2.40. The van der Waals surface area contributed by atoms with Crippen LogP contribution in [-0.4, -0.2) is 21.2 Å². The largest absolute Gasteiger partial charge is 0.351 e. The highest BCUT2D eigenvalue weighted by atomic mass is 32.2. The van der Waals surface area contributed by atoms with Crippen LogP contribution in [0.3, 0.4) is 0 Å². The third-order valence-corrected chi connectivity index (χ3v) is 5.57. The van der Waals surface area contributed by atoms with Gasteiger partial charge in [0, 0.05) is 35.9 Å². The van der Waals surface area contributed by atoms with Crippen molar-refractivity contribution in [3.05, 3.63) is 57.5 Å². The quantitative estimate of drug-likeness (QED) is 0.815. The van der Waals surface area contributed by atoms with Gasteiger partial charge in [-0.05, 0) is 12.1 Å². The molecule has 0 fully saturated rings. The fourth-order valence-corrected chi connectivity index (χ4v) is 3.87. The average Bonchev–Trinajstić information content (AvgIpc) is 2.60. The molecule has 1 aliphatic heterocycles. The van der Waals surface area contributed by atoms with Crippen LogP contribution in [0.5, 0.6) is 0 Å². The Kier molecular flexibility index (Phi) is 5.37. The Morgan fingerprint density at radius 2 is 2.00 bits per heavy atom. The summed E-state index contributed by atoms with van der Waals surface area (Å²) in [6.45, 7) is 5.91. The van der Waals surface area contributed by atoms with Gasteiger partial charge in [-0.2, -0.15) is 0 Å². The lowest BCUT2D eigenvalue weighted by Gasteiger charge is -2.26. The molecule has 3 rings (SSSR count). The number of thioether (sulfide) groups is 1. The Balaban J connectivity index is 1.72. The number of nitrogens with one attached hydrogen (secondary N) is 1. The van der Waals surface area contributed by atoms with Crippen LogP contribution < -0.4 is 10.9 Å². The van der Waals surface area contributed by atoms with E-state index in [9.17, 15) is 18.4 Å². The van der Waals surface area contributed by atoms with Gasteiger partial charge in [0.05, 0.1) is 11.6 Å². The molecule has 1 amide bonds. The second-order valence-electron chi connectivity index (χ2n) is 7.55. The lowest BCUT2D eigenvalue weighted by molar-refractivity contribution is -0.125. The molecule has 0 bridgehead atoms. The summed E-state index contributed by atoms with van der Waals surface area (Å²) in [5.74, 6) is -1.77. The van der Waals surface area contributed by atoms with Crippen LogP contribution in [0.2, 0.25) is 0 Å². The summed E-state index contributed by atoms with van der Waals surface area (Å²) >= 11 is 1.34. The molecular formula is C19H21F2N3O2S. The number of amides is 1. The van der Waals surface area contributed by atoms with E-state index in [1.807, 2.05) is 20.8 Å². The smallest absolute Gasteiger partial charge is 0.254 e. The highest BCUT2D eigenvalue weighted by Crippen LogP contribution is 2.28. The van der Waals surface area contributed by atoms with Gasteiger partial charge in [-0.1, -0.05) is 38.6 Å². The van der Waals surface area contributed by atoms with Crippen LogP contribution in [0.4, 0.5) is 8.78 Å². The van der Waals surface area contributed by atoms with E-state index in [-0.39, 0.29) is 35.5 Å². The SMILES string of the molecule is CC(C)(C)c1cc(=O)n2c(n1)SC[C@@H](C(=O)NCc1c(F)cccc1F)C2. The molecular weight excluding hydrogens is 372 g/mol. The van der Waals surface area contributed by atoms with Gasteiger partial charge < -0.3 is 5.32 Å². The van der Waals surface area contributed by atoms with Gasteiger partial charge in [0.15, 0.2) is 5.16 Å². The molecule has 5 nitrogen and oxygen atoms in total. The molecule has 0 saturated carbocycles. The molecule has 0 aliphatic carbocycles. The van der Waals surface area contributed by atoms with Crippen molar-refractivity contribution in [1.82, 2.24) is 14.9 Å². The van der Waals surface area contributed by atoms with E-state index in [2.05, 4.69) is 10.3 Å². The Hall–Kier alpha value is -2.22. The first kappa shape index (κ1) is 19.5. The normalized spacial score (nSPS) is 16.7. The molecule has 1 N–H and O–H groups in total. The van der Waals surface area contributed by atoms with Crippen LogP contribution >= 0.6 is 11.8 Å².